The SMILES string of the molecule is CSC1=NC(C)(C)Cc2ccc(C(C)C)cc21. The van der Waals surface area contributed by atoms with Gasteiger partial charge in [0.2, 0.25) is 0 Å². The first-order chi connectivity index (χ1) is 7.93. The third kappa shape index (κ3) is 2.57. The van der Waals surface area contributed by atoms with Crippen molar-refractivity contribution < 1.29 is 0 Å². The highest BCUT2D eigenvalue weighted by atomic mass is 32.2. The first kappa shape index (κ1) is 12.7. The molecule has 1 heterocycles. The average molecular weight is 247 g/mol. The lowest BCUT2D eigenvalue weighted by molar-refractivity contribution is 0.515. The Morgan fingerprint density at radius 1 is 1.29 bits per heavy atom. The molecule has 92 valence electrons. The zero-order chi connectivity index (χ0) is 12.6. The van der Waals surface area contributed by atoms with E-state index in [9.17, 15) is 0 Å². The number of fused-ring (bicyclic) bond motifs is 1. The summed E-state index contributed by atoms with van der Waals surface area (Å²) in [6.45, 7) is 8.90. The van der Waals surface area contributed by atoms with Crippen LogP contribution in [0.2, 0.25) is 0 Å². The minimum absolute atomic E-state index is 0.0463. The smallest absolute Gasteiger partial charge is 0.0983 e. The van der Waals surface area contributed by atoms with Gasteiger partial charge in [-0.1, -0.05) is 26.0 Å². The Labute approximate surface area is 109 Å². The van der Waals surface area contributed by atoms with Crippen molar-refractivity contribution >= 4 is 16.8 Å². The molecule has 0 N–H and O–H groups in total. The molecule has 0 bridgehead atoms. The Balaban J connectivity index is 2.51. The number of rotatable bonds is 1. The predicted octanol–water partition coefficient (Wildman–Crippen LogP) is 4.25. The van der Waals surface area contributed by atoms with Crippen LogP contribution in [-0.4, -0.2) is 16.8 Å². The molecule has 0 atom stereocenters. The maximum Gasteiger partial charge on any atom is 0.0983 e. The van der Waals surface area contributed by atoms with Crippen molar-refractivity contribution in [3.63, 3.8) is 0 Å². The van der Waals surface area contributed by atoms with E-state index in [1.165, 1.54) is 21.7 Å². The molecule has 2 rings (SSSR count). The molecular formula is C15H21NS. The van der Waals surface area contributed by atoms with Crippen LogP contribution < -0.4 is 0 Å². The lowest BCUT2D eigenvalue weighted by atomic mass is 9.87. The summed E-state index contributed by atoms with van der Waals surface area (Å²) in [6, 6.07) is 6.88. The van der Waals surface area contributed by atoms with E-state index in [0.29, 0.717) is 5.92 Å². The fourth-order valence-electron chi connectivity index (χ4n) is 2.30. The molecule has 0 amide bonds. The minimum Gasteiger partial charge on any atom is -0.271 e. The van der Waals surface area contributed by atoms with Crippen LogP contribution in [0, 0.1) is 0 Å². The van der Waals surface area contributed by atoms with E-state index in [0.717, 1.165) is 6.42 Å². The van der Waals surface area contributed by atoms with Crippen molar-refractivity contribution in [3.05, 3.63) is 34.9 Å². The number of hydrogen-bond donors (Lipinski definition) is 0. The molecule has 1 aromatic carbocycles. The van der Waals surface area contributed by atoms with Gasteiger partial charge in [-0.05, 0) is 49.6 Å². The second-order valence-electron chi connectivity index (χ2n) is 5.68. The predicted molar refractivity (Wildman–Crippen MR) is 78.4 cm³/mol. The quantitative estimate of drug-likeness (QED) is 0.722. The summed E-state index contributed by atoms with van der Waals surface area (Å²) in [6.07, 6.45) is 3.16. The van der Waals surface area contributed by atoms with Crippen LogP contribution in [0.15, 0.2) is 23.2 Å². The van der Waals surface area contributed by atoms with Gasteiger partial charge in [-0.2, -0.15) is 0 Å². The summed E-state index contributed by atoms with van der Waals surface area (Å²) in [5.41, 5.74) is 4.25. The molecule has 0 aromatic heterocycles. The maximum atomic E-state index is 4.85. The van der Waals surface area contributed by atoms with E-state index >= 15 is 0 Å². The Bertz CT molecular complexity index is 458. The molecule has 1 aliphatic heterocycles. The van der Waals surface area contributed by atoms with Crippen LogP contribution in [0.4, 0.5) is 0 Å². The van der Waals surface area contributed by atoms with Gasteiger partial charge in [0.15, 0.2) is 0 Å². The molecule has 1 aliphatic rings. The summed E-state index contributed by atoms with van der Waals surface area (Å²) >= 11 is 1.76. The Kier molecular flexibility index (Phi) is 3.35. The highest BCUT2D eigenvalue weighted by molar-refractivity contribution is 8.13. The van der Waals surface area contributed by atoms with Crippen LogP contribution in [0.5, 0.6) is 0 Å². The van der Waals surface area contributed by atoms with Gasteiger partial charge in [0.05, 0.1) is 10.6 Å². The van der Waals surface area contributed by atoms with Crippen molar-refractivity contribution in [1.82, 2.24) is 0 Å². The monoisotopic (exact) mass is 247 g/mol. The Morgan fingerprint density at radius 3 is 2.59 bits per heavy atom. The first-order valence-electron chi connectivity index (χ1n) is 6.20. The number of nitrogens with zero attached hydrogens (tertiary/aromatic N) is 1. The lowest BCUT2D eigenvalue weighted by Gasteiger charge is -2.29. The molecule has 1 nitrogen and oxygen atoms in total. The molecule has 0 unspecified atom stereocenters. The summed E-state index contributed by atoms with van der Waals surface area (Å²) in [5.74, 6) is 0.582. The van der Waals surface area contributed by atoms with Gasteiger partial charge in [-0.15, -0.1) is 11.8 Å². The second kappa shape index (κ2) is 4.49. The molecule has 0 fully saturated rings. The highest BCUT2D eigenvalue weighted by Crippen LogP contribution is 2.31. The van der Waals surface area contributed by atoms with Crippen molar-refractivity contribution in [1.29, 1.82) is 0 Å². The van der Waals surface area contributed by atoms with Crippen molar-refractivity contribution in [3.8, 4) is 0 Å². The summed E-state index contributed by atoms with van der Waals surface area (Å²) in [4.78, 5) is 4.85. The molecule has 0 spiro atoms. The fourth-order valence-corrected chi connectivity index (χ4v) is 3.05. The van der Waals surface area contributed by atoms with Crippen molar-refractivity contribution in [2.24, 2.45) is 4.99 Å². The van der Waals surface area contributed by atoms with E-state index < -0.39 is 0 Å². The summed E-state index contributed by atoms with van der Waals surface area (Å²) in [5, 5.41) is 1.19. The molecule has 0 saturated carbocycles. The molecule has 0 aliphatic carbocycles. The van der Waals surface area contributed by atoms with E-state index in [-0.39, 0.29) is 5.54 Å². The molecule has 0 saturated heterocycles. The number of hydrogen-bond acceptors (Lipinski definition) is 2. The van der Waals surface area contributed by atoms with E-state index in [1.807, 2.05) is 0 Å². The lowest BCUT2D eigenvalue weighted by Crippen LogP contribution is -2.27. The maximum absolute atomic E-state index is 4.85. The first-order valence-corrected chi connectivity index (χ1v) is 7.42. The van der Waals surface area contributed by atoms with Crippen molar-refractivity contribution in [2.75, 3.05) is 6.26 Å². The third-order valence-corrected chi connectivity index (χ3v) is 3.95. The summed E-state index contributed by atoms with van der Waals surface area (Å²) < 4.78 is 0. The van der Waals surface area contributed by atoms with E-state index in [2.05, 4.69) is 52.1 Å². The number of thioether (sulfide) groups is 1. The summed E-state index contributed by atoms with van der Waals surface area (Å²) in [7, 11) is 0. The third-order valence-electron chi connectivity index (χ3n) is 3.25. The van der Waals surface area contributed by atoms with Crippen LogP contribution in [-0.2, 0) is 6.42 Å². The number of benzene rings is 1. The fraction of sp³-hybridized carbons (Fsp3) is 0.533. The van der Waals surface area contributed by atoms with E-state index in [4.69, 9.17) is 4.99 Å². The molecule has 2 heteroatoms. The topological polar surface area (TPSA) is 12.4 Å². The average Bonchev–Trinajstić information content (AvgIpc) is 2.26. The number of aliphatic imine (C=N–C) groups is 1. The van der Waals surface area contributed by atoms with E-state index in [1.54, 1.807) is 11.8 Å². The van der Waals surface area contributed by atoms with Crippen LogP contribution in [0.25, 0.3) is 0 Å². The largest absolute Gasteiger partial charge is 0.271 e. The standard InChI is InChI=1S/C15H21NS/c1-10(2)11-6-7-12-9-15(3,4)16-14(17-5)13(12)8-11/h6-8,10H,9H2,1-5H3. The molecule has 0 radical (unpaired) electrons. The second-order valence-corrected chi connectivity index (χ2v) is 6.48. The van der Waals surface area contributed by atoms with Gasteiger partial charge in [0, 0.05) is 5.56 Å². The van der Waals surface area contributed by atoms with Gasteiger partial charge < -0.3 is 0 Å². The molecule has 17 heavy (non-hydrogen) atoms. The molecular weight excluding hydrogens is 226 g/mol. The zero-order valence-corrected chi connectivity index (χ0v) is 12.2. The van der Waals surface area contributed by atoms with Crippen LogP contribution in [0.1, 0.15) is 50.3 Å². The van der Waals surface area contributed by atoms with Crippen LogP contribution >= 0.6 is 11.8 Å². The Hall–Kier alpha value is -0.760. The normalized spacial score (nSPS) is 17.9. The van der Waals surface area contributed by atoms with Gasteiger partial charge in [-0.3, -0.25) is 4.99 Å². The van der Waals surface area contributed by atoms with Gasteiger partial charge in [0.25, 0.3) is 0 Å². The van der Waals surface area contributed by atoms with Crippen LogP contribution in [0.3, 0.4) is 0 Å². The van der Waals surface area contributed by atoms with Gasteiger partial charge >= 0.3 is 0 Å². The highest BCUT2D eigenvalue weighted by Gasteiger charge is 2.26. The zero-order valence-electron chi connectivity index (χ0n) is 11.4. The molecule has 1 aromatic rings. The van der Waals surface area contributed by atoms with Gasteiger partial charge in [0.1, 0.15) is 0 Å². The minimum atomic E-state index is 0.0463. The van der Waals surface area contributed by atoms with Crippen molar-refractivity contribution in [2.45, 2.75) is 45.6 Å². The van der Waals surface area contributed by atoms with Gasteiger partial charge in [-0.25, -0.2) is 0 Å². The Morgan fingerprint density at radius 2 is 2.00 bits per heavy atom.